The fourth-order valence-corrected chi connectivity index (χ4v) is 5.69. The summed E-state index contributed by atoms with van der Waals surface area (Å²) in [7, 11) is 0. The molecule has 9 nitrogen and oxygen atoms in total. The van der Waals surface area contributed by atoms with Crippen LogP contribution in [-0.2, 0) is 11.0 Å². The van der Waals surface area contributed by atoms with Crippen molar-refractivity contribution in [3.05, 3.63) is 70.3 Å². The zero-order chi connectivity index (χ0) is 28.9. The van der Waals surface area contributed by atoms with Crippen molar-refractivity contribution >= 4 is 44.9 Å². The normalized spacial score (nSPS) is 17.6. The number of nitrogens with one attached hydrogen (secondary N) is 1. The first kappa shape index (κ1) is 27.2. The van der Waals surface area contributed by atoms with E-state index >= 15 is 0 Å². The van der Waals surface area contributed by atoms with Crippen molar-refractivity contribution in [2.75, 3.05) is 24.1 Å². The Balaban J connectivity index is 1.29. The maximum atomic E-state index is 13.0. The molecule has 212 valence electrons. The number of anilines is 2. The lowest BCUT2D eigenvalue weighted by molar-refractivity contribution is -0.137. The summed E-state index contributed by atoms with van der Waals surface area (Å²) in [6.45, 7) is 1.32. The number of likely N-dealkylation sites (tertiary alicyclic amines) is 1. The summed E-state index contributed by atoms with van der Waals surface area (Å²) in [5.74, 6) is 0.589. The number of carbonyl (C=O) groups excluding carboxylic acids is 2. The first-order chi connectivity index (χ1) is 19.6. The van der Waals surface area contributed by atoms with Crippen LogP contribution in [0.5, 0.6) is 0 Å². The summed E-state index contributed by atoms with van der Waals surface area (Å²) >= 11 is 3.59. The lowest BCUT2D eigenvalue weighted by atomic mass is 9.97. The molecule has 2 aliphatic rings. The van der Waals surface area contributed by atoms with Crippen molar-refractivity contribution in [1.29, 1.82) is 0 Å². The van der Waals surface area contributed by atoms with Gasteiger partial charge in [0.05, 0.1) is 11.8 Å². The topological polar surface area (TPSA) is 119 Å². The summed E-state index contributed by atoms with van der Waals surface area (Å²) < 4.78 is 41.7. The average molecular weight is 628 g/mol. The number of hydrogen-bond donors (Lipinski definition) is 2. The van der Waals surface area contributed by atoms with Crippen molar-refractivity contribution in [3.8, 4) is 11.3 Å². The molecule has 0 unspecified atom stereocenters. The number of aromatic nitrogens is 4. The molecule has 4 heterocycles. The van der Waals surface area contributed by atoms with Crippen molar-refractivity contribution < 1.29 is 22.8 Å². The van der Waals surface area contributed by atoms with Gasteiger partial charge in [0.25, 0.3) is 5.91 Å². The number of imidazole rings is 1. The maximum absolute atomic E-state index is 13.0. The first-order valence-corrected chi connectivity index (χ1v) is 14.0. The molecule has 13 heteroatoms. The molecule has 1 aliphatic heterocycles. The third-order valence-corrected chi connectivity index (χ3v) is 8.00. The van der Waals surface area contributed by atoms with Gasteiger partial charge in [-0.1, -0.05) is 12.1 Å². The lowest BCUT2D eigenvalue weighted by Crippen LogP contribution is -2.40. The standard InChI is InChI=1S/C28H25BrF3N7O2/c29-20-13-35-24(33)23-22(37-25(39(20)23)18-2-1-11-38(14-18)27(41)17-7-8-17)15-3-5-16(6-4-15)26(40)36-21-12-19(9-10-34-21)28(30,31)32/h3-6,9-10,12-13,17-18H,1-2,7-8,11,14H2,(H2,33,35)(H,34,36,40)/t18-/m1/s1. The number of hydrogen-bond acceptors (Lipinski definition) is 6. The van der Waals surface area contributed by atoms with Gasteiger partial charge in [-0.15, -0.1) is 0 Å². The molecular weight excluding hydrogens is 603 g/mol. The molecule has 4 aromatic rings. The number of halogens is 4. The van der Waals surface area contributed by atoms with Gasteiger partial charge in [-0.05, 0) is 65.9 Å². The van der Waals surface area contributed by atoms with E-state index in [-0.39, 0.29) is 34.9 Å². The molecule has 1 saturated heterocycles. The molecule has 1 aliphatic carbocycles. The second-order valence-corrected chi connectivity index (χ2v) is 11.1. The van der Waals surface area contributed by atoms with Crippen LogP contribution in [0.15, 0.2) is 53.4 Å². The van der Waals surface area contributed by atoms with Gasteiger partial charge in [-0.3, -0.25) is 14.0 Å². The number of nitrogens with two attached hydrogens (primary N) is 1. The van der Waals surface area contributed by atoms with Gasteiger partial charge in [-0.25, -0.2) is 15.0 Å². The van der Waals surface area contributed by atoms with Gasteiger partial charge in [-0.2, -0.15) is 13.2 Å². The van der Waals surface area contributed by atoms with E-state index in [1.165, 1.54) is 0 Å². The van der Waals surface area contributed by atoms with E-state index in [9.17, 15) is 22.8 Å². The van der Waals surface area contributed by atoms with Crippen molar-refractivity contribution in [3.63, 3.8) is 0 Å². The molecule has 6 rings (SSSR count). The van der Waals surface area contributed by atoms with Crippen LogP contribution in [0.25, 0.3) is 16.8 Å². The van der Waals surface area contributed by atoms with Gasteiger partial charge in [0, 0.05) is 42.2 Å². The predicted octanol–water partition coefficient (Wildman–Crippen LogP) is 5.52. The SMILES string of the molecule is Nc1ncc(Br)n2c([C@@H]3CCCN(C(=O)C4CC4)C3)nc(-c3ccc(C(=O)Nc4cc(C(F)(F)F)ccn4)cc3)c12. The van der Waals surface area contributed by atoms with Gasteiger partial charge in [0.1, 0.15) is 33.3 Å². The molecule has 0 radical (unpaired) electrons. The Labute approximate surface area is 241 Å². The lowest BCUT2D eigenvalue weighted by Gasteiger charge is -2.32. The Morgan fingerprint density at radius 3 is 2.54 bits per heavy atom. The number of rotatable bonds is 5. The van der Waals surface area contributed by atoms with Crippen LogP contribution in [0.1, 0.15) is 53.3 Å². The molecule has 0 spiro atoms. The first-order valence-electron chi connectivity index (χ1n) is 13.2. The van der Waals surface area contributed by atoms with Crippen LogP contribution in [0, 0.1) is 5.92 Å². The van der Waals surface area contributed by atoms with Crippen LogP contribution in [0.3, 0.4) is 0 Å². The van der Waals surface area contributed by atoms with E-state index < -0.39 is 17.6 Å². The van der Waals surface area contributed by atoms with Gasteiger partial charge < -0.3 is 16.0 Å². The predicted molar refractivity (Wildman–Crippen MR) is 149 cm³/mol. The molecule has 1 aromatic carbocycles. The van der Waals surface area contributed by atoms with Crippen LogP contribution in [-0.4, -0.2) is 49.2 Å². The van der Waals surface area contributed by atoms with Crippen LogP contribution in [0.4, 0.5) is 24.8 Å². The molecule has 1 atom stereocenters. The zero-order valence-corrected chi connectivity index (χ0v) is 23.2. The molecule has 0 bridgehead atoms. The van der Waals surface area contributed by atoms with Crippen molar-refractivity contribution in [2.24, 2.45) is 5.92 Å². The highest BCUT2D eigenvalue weighted by Crippen LogP contribution is 2.38. The highest BCUT2D eigenvalue weighted by Gasteiger charge is 2.37. The van der Waals surface area contributed by atoms with Crippen LogP contribution >= 0.6 is 15.9 Å². The molecule has 3 aromatic heterocycles. The smallest absolute Gasteiger partial charge is 0.382 e. The molecule has 2 fully saturated rings. The molecule has 2 amide bonds. The molecule has 1 saturated carbocycles. The number of carbonyl (C=O) groups is 2. The Kier molecular flexibility index (Phi) is 6.92. The largest absolute Gasteiger partial charge is 0.416 e. The summed E-state index contributed by atoms with van der Waals surface area (Å²) in [6, 6.07) is 8.13. The summed E-state index contributed by atoms with van der Waals surface area (Å²) in [6.07, 6.45) is 1.70. The van der Waals surface area contributed by atoms with Crippen LogP contribution < -0.4 is 11.1 Å². The minimum absolute atomic E-state index is 0.00388. The van der Waals surface area contributed by atoms with Crippen molar-refractivity contribution in [2.45, 2.75) is 37.8 Å². The summed E-state index contributed by atoms with van der Waals surface area (Å²) in [5.41, 5.74) is 7.50. The third kappa shape index (κ3) is 5.37. The van der Waals surface area contributed by atoms with Crippen LogP contribution in [0.2, 0.25) is 0 Å². The van der Waals surface area contributed by atoms with E-state index in [1.54, 1.807) is 30.5 Å². The number of benzene rings is 1. The van der Waals surface area contributed by atoms with E-state index in [0.29, 0.717) is 27.9 Å². The quantitative estimate of drug-likeness (QED) is 0.301. The molecule has 41 heavy (non-hydrogen) atoms. The second-order valence-electron chi connectivity index (χ2n) is 10.3. The molecular formula is C28H25BrF3N7O2. The monoisotopic (exact) mass is 627 g/mol. The Morgan fingerprint density at radius 2 is 1.83 bits per heavy atom. The van der Waals surface area contributed by atoms with E-state index in [2.05, 4.69) is 31.2 Å². The third-order valence-electron chi connectivity index (χ3n) is 7.44. The number of piperidine rings is 1. The summed E-state index contributed by atoms with van der Waals surface area (Å²) in [4.78, 5) is 40.6. The fraction of sp³-hybridized carbons (Fsp3) is 0.321. The van der Waals surface area contributed by atoms with Crippen molar-refractivity contribution in [1.82, 2.24) is 24.3 Å². The minimum Gasteiger partial charge on any atom is -0.382 e. The highest BCUT2D eigenvalue weighted by atomic mass is 79.9. The summed E-state index contributed by atoms with van der Waals surface area (Å²) in [5, 5.41) is 2.41. The second kappa shape index (κ2) is 10.4. The number of nitrogen functional groups attached to an aromatic ring is 1. The highest BCUT2D eigenvalue weighted by molar-refractivity contribution is 9.10. The average Bonchev–Trinajstić information content (AvgIpc) is 3.73. The van der Waals surface area contributed by atoms with E-state index in [4.69, 9.17) is 10.7 Å². The van der Waals surface area contributed by atoms with Gasteiger partial charge in [0.2, 0.25) is 5.91 Å². The number of amides is 2. The van der Waals surface area contributed by atoms with Gasteiger partial charge in [0.15, 0.2) is 0 Å². The zero-order valence-electron chi connectivity index (χ0n) is 21.7. The Morgan fingerprint density at radius 1 is 1.07 bits per heavy atom. The number of fused-ring (bicyclic) bond motifs is 1. The maximum Gasteiger partial charge on any atom is 0.416 e. The Hall–Kier alpha value is -4.00. The Bertz CT molecular complexity index is 1650. The number of alkyl halides is 3. The van der Waals surface area contributed by atoms with E-state index in [0.717, 1.165) is 56.4 Å². The van der Waals surface area contributed by atoms with Gasteiger partial charge >= 0.3 is 6.18 Å². The minimum atomic E-state index is -4.55. The van der Waals surface area contributed by atoms with E-state index in [1.807, 2.05) is 9.30 Å². The number of pyridine rings is 1. The number of nitrogens with zero attached hydrogens (tertiary/aromatic N) is 5. The fourth-order valence-electron chi connectivity index (χ4n) is 5.23. The molecule has 3 N–H and O–H groups in total.